The molecule has 1 N–H and O–H groups in total. The summed E-state index contributed by atoms with van der Waals surface area (Å²) in [6, 6.07) is 14.7. The minimum Gasteiger partial charge on any atom is -0.358 e. The highest BCUT2D eigenvalue weighted by atomic mass is 19.4. The summed E-state index contributed by atoms with van der Waals surface area (Å²) < 4.78 is 41.6. The van der Waals surface area contributed by atoms with Crippen LogP contribution in [0.4, 0.5) is 13.2 Å². The molecule has 0 radical (unpaired) electrons. The van der Waals surface area contributed by atoms with Gasteiger partial charge in [0.15, 0.2) is 0 Å². The number of aromatic nitrogens is 2. The Morgan fingerprint density at radius 3 is 2.38 bits per heavy atom. The van der Waals surface area contributed by atoms with Crippen LogP contribution in [0.25, 0.3) is 0 Å². The Labute approximate surface area is 215 Å². The van der Waals surface area contributed by atoms with Gasteiger partial charge >= 0.3 is 6.18 Å². The molecule has 37 heavy (non-hydrogen) atoms. The van der Waals surface area contributed by atoms with Crippen molar-refractivity contribution >= 4 is 5.91 Å². The molecule has 196 valence electrons. The summed E-state index contributed by atoms with van der Waals surface area (Å²) in [6.07, 6.45) is 0.0124. The molecule has 1 aliphatic carbocycles. The van der Waals surface area contributed by atoms with Gasteiger partial charge in [0, 0.05) is 32.5 Å². The Balaban J connectivity index is 1.53. The molecule has 8 heteroatoms. The van der Waals surface area contributed by atoms with Crippen molar-refractivity contribution in [2.45, 2.75) is 69.8 Å². The summed E-state index contributed by atoms with van der Waals surface area (Å²) in [4.78, 5) is 20.6. The summed E-state index contributed by atoms with van der Waals surface area (Å²) in [5, 5.41) is 2.86. The van der Waals surface area contributed by atoms with Crippen LogP contribution in [-0.4, -0.2) is 34.0 Å². The van der Waals surface area contributed by atoms with E-state index in [4.69, 9.17) is 4.98 Å². The van der Waals surface area contributed by atoms with E-state index in [1.54, 1.807) is 19.2 Å². The number of rotatable bonds is 8. The smallest absolute Gasteiger partial charge is 0.358 e. The summed E-state index contributed by atoms with van der Waals surface area (Å²) in [6.45, 7) is 3.56. The number of carbonyl (C=O) groups excluding carboxylic acids is 1. The molecule has 0 saturated heterocycles. The lowest BCUT2D eigenvalue weighted by molar-refractivity contribution is -0.137. The van der Waals surface area contributed by atoms with Crippen molar-refractivity contribution < 1.29 is 18.0 Å². The lowest BCUT2D eigenvalue weighted by Gasteiger charge is -2.42. The maximum absolute atomic E-state index is 13.3. The molecule has 1 saturated carbocycles. The Kier molecular flexibility index (Phi) is 7.12. The molecule has 3 aromatic rings. The number of fused-ring (bicyclic) bond motifs is 1. The molecule has 1 amide bonds. The van der Waals surface area contributed by atoms with Gasteiger partial charge in [-0.3, -0.25) is 9.69 Å². The van der Waals surface area contributed by atoms with Crippen LogP contribution in [-0.2, 0) is 30.4 Å². The first-order chi connectivity index (χ1) is 17.8. The highest BCUT2D eigenvalue weighted by molar-refractivity contribution is 5.83. The molecular formula is C29H33F3N4O. The summed E-state index contributed by atoms with van der Waals surface area (Å²) in [5.41, 5.74) is 3.47. The van der Waals surface area contributed by atoms with E-state index in [0.717, 1.165) is 60.6 Å². The molecule has 2 atom stereocenters. The zero-order valence-corrected chi connectivity index (χ0v) is 21.3. The molecule has 2 aliphatic rings. The highest BCUT2D eigenvalue weighted by Crippen LogP contribution is 2.47. The number of carbonyl (C=O) groups is 1. The highest BCUT2D eigenvalue weighted by Gasteiger charge is 2.42. The van der Waals surface area contributed by atoms with Gasteiger partial charge in [-0.15, -0.1) is 0 Å². The van der Waals surface area contributed by atoms with Crippen molar-refractivity contribution in [1.29, 1.82) is 0 Å². The number of amides is 1. The van der Waals surface area contributed by atoms with Crippen LogP contribution in [0.5, 0.6) is 0 Å². The maximum Gasteiger partial charge on any atom is 0.416 e. The second kappa shape index (κ2) is 10.3. The predicted octanol–water partition coefficient (Wildman–Crippen LogP) is 5.82. The molecule has 5 rings (SSSR count). The monoisotopic (exact) mass is 510 g/mol. The number of imidazole rings is 1. The van der Waals surface area contributed by atoms with Crippen LogP contribution < -0.4 is 5.32 Å². The molecule has 1 aromatic heterocycles. The van der Waals surface area contributed by atoms with E-state index < -0.39 is 17.8 Å². The molecule has 2 aromatic carbocycles. The summed E-state index contributed by atoms with van der Waals surface area (Å²) in [5.74, 6) is 1.46. The van der Waals surface area contributed by atoms with E-state index in [2.05, 4.69) is 21.7 Å². The lowest BCUT2D eigenvalue weighted by atomic mass is 9.93. The number of nitrogens with one attached hydrogen (secondary N) is 1. The van der Waals surface area contributed by atoms with E-state index in [-0.39, 0.29) is 11.9 Å². The first-order valence-corrected chi connectivity index (χ1v) is 13.1. The number of nitrogens with zero attached hydrogens (tertiary/aromatic N) is 3. The first-order valence-electron chi connectivity index (χ1n) is 13.1. The van der Waals surface area contributed by atoms with Gasteiger partial charge in [0.1, 0.15) is 11.9 Å². The minimum absolute atomic E-state index is 0.0672. The number of likely N-dealkylation sites (N-methyl/N-ethyl adjacent to an activating group) is 1. The Bertz CT molecular complexity index is 1230. The van der Waals surface area contributed by atoms with Gasteiger partial charge in [-0.05, 0) is 48.9 Å². The van der Waals surface area contributed by atoms with Gasteiger partial charge in [-0.1, -0.05) is 49.4 Å². The van der Waals surface area contributed by atoms with E-state index in [1.807, 2.05) is 30.3 Å². The van der Waals surface area contributed by atoms with E-state index >= 15 is 0 Å². The van der Waals surface area contributed by atoms with Gasteiger partial charge in [0.2, 0.25) is 5.91 Å². The topological polar surface area (TPSA) is 50.2 Å². The average molecular weight is 511 g/mol. The van der Waals surface area contributed by atoms with Crippen molar-refractivity contribution in [3.05, 3.63) is 88.5 Å². The van der Waals surface area contributed by atoms with Gasteiger partial charge < -0.3 is 9.88 Å². The van der Waals surface area contributed by atoms with Crippen LogP contribution in [0.2, 0.25) is 0 Å². The van der Waals surface area contributed by atoms with Crippen molar-refractivity contribution in [3.63, 3.8) is 0 Å². The maximum atomic E-state index is 13.3. The van der Waals surface area contributed by atoms with Crippen molar-refractivity contribution in [1.82, 2.24) is 19.8 Å². The minimum atomic E-state index is -4.35. The molecule has 1 aliphatic heterocycles. The summed E-state index contributed by atoms with van der Waals surface area (Å²) in [7, 11) is 1.66. The Morgan fingerprint density at radius 1 is 1.08 bits per heavy atom. The van der Waals surface area contributed by atoms with Crippen molar-refractivity contribution in [3.8, 4) is 0 Å². The largest absolute Gasteiger partial charge is 0.416 e. The molecule has 0 spiro atoms. The second-order valence-corrected chi connectivity index (χ2v) is 9.99. The molecule has 2 heterocycles. The number of aryl methyl sites for hydroxylation is 2. The van der Waals surface area contributed by atoms with Crippen molar-refractivity contribution in [2.24, 2.45) is 0 Å². The second-order valence-electron chi connectivity index (χ2n) is 9.99. The zero-order chi connectivity index (χ0) is 26.2. The number of benzene rings is 2. The number of hydrogen-bond donors (Lipinski definition) is 1. The fourth-order valence-corrected chi connectivity index (χ4v) is 5.63. The molecule has 1 fully saturated rings. The quantitative estimate of drug-likeness (QED) is 0.416. The summed E-state index contributed by atoms with van der Waals surface area (Å²) >= 11 is 0. The van der Waals surface area contributed by atoms with Crippen molar-refractivity contribution in [2.75, 3.05) is 13.6 Å². The van der Waals surface area contributed by atoms with E-state index in [0.29, 0.717) is 25.3 Å². The van der Waals surface area contributed by atoms with E-state index in [1.165, 1.54) is 5.69 Å². The van der Waals surface area contributed by atoms with Gasteiger partial charge in [0.05, 0.1) is 23.0 Å². The zero-order valence-electron chi connectivity index (χ0n) is 21.3. The normalized spacial score (nSPS) is 18.9. The predicted molar refractivity (Wildman–Crippen MR) is 136 cm³/mol. The standard InChI is InChI=1S/C29H33F3N4O/c1-3-24-34-25(20-12-13-20)27-23(16-11-19-9-14-22(15-10-19)29(30,31)32)35(17-18-36(24)27)26(28(37)33-2)21-7-5-4-6-8-21/h4-10,14-15,20,23,26H,3,11-13,16-18H2,1-2H3,(H,33,37)/t23-,26+/m0/s1. The average Bonchev–Trinajstić information content (AvgIpc) is 3.68. The Morgan fingerprint density at radius 2 is 1.78 bits per heavy atom. The molecule has 5 nitrogen and oxygen atoms in total. The molecule has 0 unspecified atom stereocenters. The van der Waals surface area contributed by atoms with Gasteiger partial charge in [0.25, 0.3) is 0 Å². The van der Waals surface area contributed by atoms with Crippen LogP contribution in [0.15, 0.2) is 54.6 Å². The number of hydrogen-bond acceptors (Lipinski definition) is 3. The fourth-order valence-electron chi connectivity index (χ4n) is 5.63. The SMILES string of the molecule is CCc1nc(C2CC2)c2n1CCN([C@@H](C(=O)NC)c1ccccc1)[C@H]2CCc1ccc(C(F)(F)F)cc1. The number of alkyl halides is 3. The van der Waals surface area contributed by atoms with Gasteiger partial charge in [-0.2, -0.15) is 13.2 Å². The lowest BCUT2D eigenvalue weighted by Crippen LogP contribution is -2.46. The fraction of sp³-hybridized carbons (Fsp3) is 0.448. The number of halogens is 3. The van der Waals surface area contributed by atoms with Crippen LogP contribution in [0.1, 0.15) is 78.1 Å². The third kappa shape index (κ3) is 5.17. The van der Waals surface area contributed by atoms with E-state index in [9.17, 15) is 18.0 Å². The molecular weight excluding hydrogens is 477 g/mol. The third-order valence-corrected chi connectivity index (χ3v) is 7.62. The third-order valence-electron chi connectivity index (χ3n) is 7.62. The van der Waals surface area contributed by atoms with Crippen LogP contribution in [0.3, 0.4) is 0 Å². The van der Waals surface area contributed by atoms with Crippen LogP contribution in [0, 0.1) is 0 Å². The molecule has 0 bridgehead atoms. The first kappa shape index (κ1) is 25.5. The van der Waals surface area contributed by atoms with Gasteiger partial charge in [-0.25, -0.2) is 4.98 Å². The van der Waals surface area contributed by atoms with Crippen LogP contribution >= 0.6 is 0 Å². The Hall–Kier alpha value is -3.13.